The lowest BCUT2D eigenvalue weighted by atomic mass is 9.87. The van der Waals surface area contributed by atoms with Crippen LogP contribution >= 0.6 is 11.8 Å². The van der Waals surface area contributed by atoms with Crippen molar-refractivity contribution in [2.45, 2.75) is 168 Å². The molecule has 0 saturated heterocycles. The molecule has 0 atom stereocenters. The van der Waals surface area contributed by atoms with Crippen molar-refractivity contribution in [2.75, 3.05) is 0 Å². The lowest BCUT2D eigenvalue weighted by Crippen LogP contribution is -2.26. The summed E-state index contributed by atoms with van der Waals surface area (Å²) in [4.78, 5) is 2.19. The van der Waals surface area contributed by atoms with Crippen LogP contribution in [0.1, 0.15) is 125 Å². The van der Waals surface area contributed by atoms with Gasteiger partial charge in [-0.15, -0.1) is 0 Å². The smallest absolute Gasteiger partial charge is 0.162 e. The van der Waals surface area contributed by atoms with Gasteiger partial charge in [-0.1, -0.05) is 54.2 Å². The molecule has 0 N–H and O–H groups in total. The van der Waals surface area contributed by atoms with Crippen LogP contribution in [0.5, 0.6) is 34.5 Å². The van der Waals surface area contributed by atoms with E-state index in [0.717, 1.165) is 43.2 Å². The van der Waals surface area contributed by atoms with Gasteiger partial charge in [0, 0.05) is 15.4 Å². The van der Waals surface area contributed by atoms with Crippen LogP contribution in [0, 0.1) is 0 Å². The van der Waals surface area contributed by atoms with Gasteiger partial charge >= 0.3 is 0 Å². The van der Waals surface area contributed by atoms with Crippen LogP contribution in [0.25, 0.3) is 33.4 Å². The van der Waals surface area contributed by atoms with Crippen molar-refractivity contribution in [3.05, 3.63) is 97.1 Å². The van der Waals surface area contributed by atoms with Crippen LogP contribution in [0.15, 0.2) is 107 Å². The third-order valence-corrected chi connectivity index (χ3v) is 9.42. The molecule has 61 heavy (non-hydrogen) atoms. The summed E-state index contributed by atoms with van der Waals surface area (Å²) in [7, 11) is 0. The van der Waals surface area contributed by atoms with Crippen molar-refractivity contribution < 1.29 is 28.4 Å². The summed E-state index contributed by atoms with van der Waals surface area (Å²) in [6, 6.07) is 33.8. The number of hydrogen-bond acceptors (Lipinski definition) is 7. The number of hydrogen-bond donors (Lipinski definition) is 0. The van der Waals surface area contributed by atoms with Crippen LogP contribution in [0.4, 0.5) is 0 Å². The lowest BCUT2D eigenvalue weighted by molar-refractivity contribution is 0.0958. The average Bonchev–Trinajstić information content (AvgIpc) is 3.07. The predicted molar refractivity (Wildman–Crippen MR) is 256 cm³/mol. The maximum atomic E-state index is 6.73. The fraction of sp³-hybridized carbons (Fsp3) is 0.444. The molecule has 6 nitrogen and oxygen atoms in total. The van der Waals surface area contributed by atoms with Gasteiger partial charge in [0.25, 0.3) is 0 Å². The highest BCUT2D eigenvalue weighted by Gasteiger charge is 2.28. The normalized spacial score (nSPS) is 12.8. The van der Waals surface area contributed by atoms with Gasteiger partial charge in [-0.25, -0.2) is 0 Å². The van der Waals surface area contributed by atoms with Gasteiger partial charge < -0.3 is 28.4 Å². The van der Waals surface area contributed by atoms with E-state index in [-0.39, 0.29) is 0 Å². The zero-order valence-corrected chi connectivity index (χ0v) is 40.9. The van der Waals surface area contributed by atoms with Crippen LogP contribution in [-0.2, 0) is 0 Å². The van der Waals surface area contributed by atoms with E-state index in [0.29, 0.717) is 34.5 Å². The Balaban J connectivity index is 1.95. The molecule has 7 heteroatoms. The maximum Gasteiger partial charge on any atom is 0.162 e. The number of rotatable bonds is 11. The standard InChI is InChI=1S/C54H70O6S/c1-49(2,3)55-40-28-24-35(32-43(40)58-52(10,11)12)39-27-31-46(61-38-22-20-19-21-23-38)48(37-26-30-42(57-51(7,8)9)45(34-37)60-54(16,17)18)47(39)36-25-29-41(56-50(4,5)6)44(33-36)59-53(13,14)15/h19-34H,1-18H3. The SMILES string of the molecule is CC(C)(C)Oc1ccc(-c2ccc(Sc3ccccc3)c(-c3ccc(OC(C)(C)C)c(OC(C)(C)C)c3)c2-c2ccc(OC(C)(C)C)c(OC(C)(C)C)c2)cc1OC(C)(C)C. The molecule has 0 saturated carbocycles. The van der Waals surface area contributed by atoms with E-state index < -0.39 is 33.6 Å². The molecule has 0 amide bonds. The molecule has 5 rings (SSSR count). The van der Waals surface area contributed by atoms with Crippen molar-refractivity contribution >= 4 is 11.8 Å². The molecule has 0 bridgehead atoms. The number of ether oxygens (including phenoxy) is 6. The van der Waals surface area contributed by atoms with Crippen LogP contribution < -0.4 is 28.4 Å². The summed E-state index contributed by atoms with van der Waals surface area (Å²) < 4.78 is 39.7. The van der Waals surface area contributed by atoms with E-state index in [9.17, 15) is 0 Å². The first-order valence-corrected chi connectivity index (χ1v) is 22.2. The molecule has 0 unspecified atom stereocenters. The summed E-state index contributed by atoms with van der Waals surface area (Å²) in [5.41, 5.74) is 3.21. The average molecular weight is 847 g/mol. The molecule has 0 aliphatic carbocycles. The van der Waals surface area contributed by atoms with Gasteiger partial charge in [0.1, 0.15) is 33.6 Å². The fourth-order valence-corrected chi connectivity index (χ4v) is 7.59. The van der Waals surface area contributed by atoms with Crippen molar-refractivity contribution in [3.63, 3.8) is 0 Å². The Labute approximate surface area is 371 Å². The Morgan fingerprint density at radius 3 is 1.02 bits per heavy atom. The topological polar surface area (TPSA) is 55.4 Å². The molecule has 5 aromatic carbocycles. The van der Waals surface area contributed by atoms with Crippen LogP contribution in [0.3, 0.4) is 0 Å². The first-order valence-electron chi connectivity index (χ1n) is 21.4. The first-order chi connectivity index (χ1) is 27.9. The third kappa shape index (κ3) is 14.1. The molecule has 0 aliphatic rings. The Bertz CT molecular complexity index is 2290. The minimum atomic E-state index is -0.491. The van der Waals surface area contributed by atoms with E-state index in [1.807, 2.05) is 24.3 Å². The van der Waals surface area contributed by atoms with Gasteiger partial charge in [0.2, 0.25) is 0 Å². The van der Waals surface area contributed by atoms with E-state index in [2.05, 4.69) is 197 Å². The molecule has 328 valence electrons. The summed E-state index contributed by atoms with van der Waals surface area (Å²) >= 11 is 1.73. The second-order valence-corrected chi connectivity index (χ2v) is 22.7. The van der Waals surface area contributed by atoms with Crippen molar-refractivity contribution in [1.29, 1.82) is 0 Å². The third-order valence-electron chi connectivity index (χ3n) is 8.35. The summed E-state index contributed by atoms with van der Waals surface area (Å²) in [6.07, 6.45) is 0. The van der Waals surface area contributed by atoms with Gasteiger partial charge in [0.05, 0.1) is 0 Å². The molecule has 0 radical (unpaired) electrons. The van der Waals surface area contributed by atoms with Gasteiger partial charge in [-0.3, -0.25) is 0 Å². The molecule has 0 heterocycles. The van der Waals surface area contributed by atoms with E-state index in [4.69, 9.17) is 28.4 Å². The Morgan fingerprint density at radius 1 is 0.311 bits per heavy atom. The summed E-state index contributed by atoms with van der Waals surface area (Å²) in [5, 5.41) is 0. The molecule has 0 spiro atoms. The Morgan fingerprint density at radius 2 is 0.639 bits per heavy atom. The van der Waals surface area contributed by atoms with Crippen LogP contribution in [-0.4, -0.2) is 33.6 Å². The Hall–Kier alpha value is -4.75. The van der Waals surface area contributed by atoms with Crippen molar-refractivity contribution in [2.24, 2.45) is 0 Å². The molecular weight excluding hydrogens is 777 g/mol. The second-order valence-electron chi connectivity index (χ2n) is 21.5. The van der Waals surface area contributed by atoms with Crippen molar-refractivity contribution in [3.8, 4) is 67.9 Å². The van der Waals surface area contributed by atoms with Crippen molar-refractivity contribution in [1.82, 2.24) is 0 Å². The van der Waals surface area contributed by atoms with E-state index in [1.54, 1.807) is 11.8 Å². The summed E-state index contributed by atoms with van der Waals surface area (Å²) in [5.74, 6) is 4.05. The monoisotopic (exact) mass is 846 g/mol. The van der Waals surface area contributed by atoms with E-state index >= 15 is 0 Å². The van der Waals surface area contributed by atoms with Gasteiger partial charge in [0.15, 0.2) is 34.5 Å². The molecule has 0 aliphatic heterocycles. The highest BCUT2D eigenvalue weighted by molar-refractivity contribution is 7.99. The first kappa shape index (κ1) is 47.3. The molecular formula is C54H70O6S. The maximum absolute atomic E-state index is 6.73. The molecule has 5 aromatic rings. The minimum absolute atomic E-state index is 0.428. The van der Waals surface area contributed by atoms with E-state index in [1.165, 1.54) is 0 Å². The predicted octanol–water partition coefficient (Wildman–Crippen LogP) is 15.9. The molecule has 0 fully saturated rings. The fourth-order valence-electron chi connectivity index (χ4n) is 6.59. The zero-order valence-electron chi connectivity index (χ0n) is 40.1. The van der Waals surface area contributed by atoms with Crippen LogP contribution in [0.2, 0.25) is 0 Å². The second kappa shape index (κ2) is 17.6. The highest BCUT2D eigenvalue weighted by atomic mass is 32.2. The Kier molecular flexibility index (Phi) is 13.6. The van der Waals surface area contributed by atoms with Gasteiger partial charge in [-0.05, 0) is 207 Å². The lowest BCUT2D eigenvalue weighted by Gasteiger charge is -2.29. The zero-order chi connectivity index (χ0) is 45.3. The minimum Gasteiger partial charge on any atom is -0.484 e. The molecule has 0 aromatic heterocycles. The quantitative estimate of drug-likeness (QED) is 0.131. The summed E-state index contributed by atoms with van der Waals surface area (Å²) in [6.45, 7) is 37.0. The largest absolute Gasteiger partial charge is 0.484 e. The van der Waals surface area contributed by atoms with Gasteiger partial charge in [-0.2, -0.15) is 0 Å². The highest BCUT2D eigenvalue weighted by Crippen LogP contribution is 2.51. The number of benzene rings is 5.